The average molecular weight is 344 g/mol. The Kier molecular flexibility index (Phi) is 6.64. The molecule has 2 rings (SSSR count). The zero-order valence-corrected chi connectivity index (χ0v) is 14.6. The molecule has 0 unspecified atom stereocenters. The minimum Gasteiger partial charge on any atom is -0.329 e. The van der Waals surface area contributed by atoms with Crippen LogP contribution >= 0.6 is 0 Å². The zero-order valence-electron chi connectivity index (χ0n) is 14.6. The minimum atomic E-state index is -0.391. The van der Waals surface area contributed by atoms with Crippen LogP contribution in [0.3, 0.4) is 0 Å². The fraction of sp³-hybridized carbons (Fsp3) is 0.412. The van der Waals surface area contributed by atoms with E-state index in [-0.39, 0.29) is 11.6 Å². The Hall–Kier alpha value is -2.74. The Morgan fingerprint density at radius 2 is 2.04 bits per heavy atom. The molecule has 25 heavy (non-hydrogen) atoms. The molecule has 0 fully saturated rings. The molecule has 1 aromatic carbocycles. The van der Waals surface area contributed by atoms with Gasteiger partial charge in [0.1, 0.15) is 0 Å². The molecular weight excluding hydrogens is 320 g/mol. The van der Waals surface area contributed by atoms with Crippen LogP contribution in [0.15, 0.2) is 24.4 Å². The second-order valence-corrected chi connectivity index (χ2v) is 5.81. The van der Waals surface area contributed by atoms with Crippen molar-refractivity contribution in [1.29, 1.82) is 0 Å². The van der Waals surface area contributed by atoms with Gasteiger partial charge in [0.05, 0.1) is 24.1 Å². The van der Waals surface area contributed by atoms with Crippen LogP contribution in [0, 0.1) is 6.92 Å². The molecule has 0 saturated heterocycles. The number of hydrogen-bond acceptors (Lipinski definition) is 5. The summed E-state index contributed by atoms with van der Waals surface area (Å²) in [6, 6.07) is 5.46. The number of nitrogens with two attached hydrogens (primary N) is 1. The van der Waals surface area contributed by atoms with Crippen LogP contribution in [0.1, 0.15) is 42.2 Å². The summed E-state index contributed by atoms with van der Waals surface area (Å²) >= 11 is 0. The van der Waals surface area contributed by atoms with Gasteiger partial charge in [-0.3, -0.25) is 14.3 Å². The van der Waals surface area contributed by atoms with Crippen molar-refractivity contribution < 1.29 is 9.59 Å². The first-order valence-electron chi connectivity index (χ1n) is 8.35. The fourth-order valence-electron chi connectivity index (χ4n) is 2.25. The molecule has 0 saturated carbocycles. The van der Waals surface area contributed by atoms with Gasteiger partial charge >= 0.3 is 0 Å². The van der Waals surface area contributed by atoms with Gasteiger partial charge in [-0.25, -0.2) is 0 Å². The van der Waals surface area contributed by atoms with Gasteiger partial charge in [-0.2, -0.15) is 0 Å². The van der Waals surface area contributed by atoms with E-state index >= 15 is 0 Å². The Morgan fingerprint density at radius 1 is 1.24 bits per heavy atom. The molecule has 8 nitrogen and oxygen atoms in total. The van der Waals surface area contributed by atoms with E-state index in [1.54, 1.807) is 12.1 Å². The van der Waals surface area contributed by atoms with E-state index in [0.717, 1.165) is 18.4 Å². The molecular formula is C17H24N6O2. The van der Waals surface area contributed by atoms with Crippen molar-refractivity contribution in [3.8, 4) is 0 Å². The van der Waals surface area contributed by atoms with Gasteiger partial charge < -0.3 is 16.4 Å². The highest BCUT2D eigenvalue weighted by molar-refractivity contribution is 6.06. The maximum Gasteiger partial charge on any atom is 0.277 e. The summed E-state index contributed by atoms with van der Waals surface area (Å²) in [7, 11) is 0. The van der Waals surface area contributed by atoms with E-state index in [2.05, 4.69) is 20.9 Å². The molecule has 0 radical (unpaired) electrons. The Bertz CT molecular complexity index is 740. The normalized spacial score (nSPS) is 10.5. The number of aryl methyl sites for hydroxylation is 1. The monoisotopic (exact) mass is 344 g/mol. The molecule has 134 valence electrons. The summed E-state index contributed by atoms with van der Waals surface area (Å²) in [6.45, 7) is 4.85. The number of carbonyl (C=O) groups excluding carboxylic acids is 2. The van der Waals surface area contributed by atoms with E-state index < -0.39 is 5.91 Å². The van der Waals surface area contributed by atoms with E-state index in [9.17, 15) is 9.59 Å². The lowest BCUT2D eigenvalue weighted by Crippen LogP contribution is -2.17. The van der Waals surface area contributed by atoms with Gasteiger partial charge in [-0.05, 0) is 31.0 Å². The summed E-state index contributed by atoms with van der Waals surface area (Å²) in [6.07, 6.45) is 3.76. The van der Waals surface area contributed by atoms with Crippen molar-refractivity contribution in [2.45, 2.75) is 39.7 Å². The Labute approximate surface area is 146 Å². The van der Waals surface area contributed by atoms with Crippen molar-refractivity contribution in [1.82, 2.24) is 15.0 Å². The number of amides is 2. The summed E-state index contributed by atoms with van der Waals surface area (Å²) in [5.41, 5.74) is 7.71. The number of rotatable bonds is 8. The second-order valence-electron chi connectivity index (χ2n) is 5.81. The van der Waals surface area contributed by atoms with Crippen LogP contribution in [-0.2, 0) is 11.3 Å². The van der Waals surface area contributed by atoms with Crippen LogP contribution in [0.4, 0.5) is 11.4 Å². The van der Waals surface area contributed by atoms with E-state index in [0.29, 0.717) is 30.9 Å². The number of unbranched alkanes of at least 4 members (excludes halogenated alkanes) is 1. The number of anilines is 2. The molecule has 4 N–H and O–H groups in total. The molecule has 0 bridgehead atoms. The van der Waals surface area contributed by atoms with Crippen molar-refractivity contribution in [2.75, 3.05) is 17.2 Å². The standard InChI is InChI=1S/C17H24N6O2/c1-3-4-5-16(24)19-13-7-6-12(2)10-14(13)20-17(25)15-11-23(9-8-18)22-21-15/h6-7,10-11H,3-5,8-9,18H2,1-2H3,(H,19,24)(H,20,25). The highest BCUT2D eigenvalue weighted by Crippen LogP contribution is 2.24. The molecule has 1 heterocycles. The number of nitrogens with zero attached hydrogens (tertiary/aromatic N) is 3. The predicted octanol–water partition coefficient (Wildman–Crippen LogP) is 1.93. The third kappa shape index (κ3) is 5.39. The van der Waals surface area contributed by atoms with Gasteiger partial charge in [0.15, 0.2) is 5.69 Å². The van der Waals surface area contributed by atoms with E-state index in [4.69, 9.17) is 5.73 Å². The van der Waals surface area contributed by atoms with Crippen molar-refractivity contribution in [2.24, 2.45) is 5.73 Å². The first-order chi connectivity index (χ1) is 12.0. The Morgan fingerprint density at radius 3 is 2.76 bits per heavy atom. The van der Waals surface area contributed by atoms with Gasteiger partial charge in [-0.15, -0.1) is 5.10 Å². The Balaban J connectivity index is 2.12. The summed E-state index contributed by atoms with van der Waals surface area (Å²) < 4.78 is 1.51. The highest BCUT2D eigenvalue weighted by Gasteiger charge is 2.14. The van der Waals surface area contributed by atoms with Gasteiger partial charge in [0, 0.05) is 13.0 Å². The predicted molar refractivity (Wildman–Crippen MR) is 96.4 cm³/mol. The number of hydrogen-bond donors (Lipinski definition) is 3. The SMILES string of the molecule is CCCCC(=O)Nc1ccc(C)cc1NC(=O)c1cn(CCN)nn1. The summed E-state index contributed by atoms with van der Waals surface area (Å²) in [5.74, 6) is -0.465. The third-order valence-corrected chi connectivity index (χ3v) is 3.58. The molecule has 2 aromatic rings. The lowest BCUT2D eigenvalue weighted by atomic mass is 10.1. The quantitative estimate of drug-likeness (QED) is 0.677. The van der Waals surface area contributed by atoms with E-state index in [1.165, 1.54) is 10.9 Å². The summed E-state index contributed by atoms with van der Waals surface area (Å²) in [4.78, 5) is 24.4. The van der Waals surface area contributed by atoms with Crippen LogP contribution < -0.4 is 16.4 Å². The first-order valence-corrected chi connectivity index (χ1v) is 8.35. The second kappa shape index (κ2) is 8.93. The van der Waals surface area contributed by atoms with Crippen LogP contribution in [0.25, 0.3) is 0 Å². The van der Waals surface area contributed by atoms with Gasteiger partial charge in [0.2, 0.25) is 5.91 Å². The third-order valence-electron chi connectivity index (χ3n) is 3.58. The van der Waals surface area contributed by atoms with Crippen molar-refractivity contribution in [3.05, 3.63) is 35.7 Å². The number of aromatic nitrogens is 3. The minimum absolute atomic E-state index is 0.0740. The zero-order chi connectivity index (χ0) is 18.2. The fourth-order valence-corrected chi connectivity index (χ4v) is 2.25. The number of nitrogens with one attached hydrogen (secondary N) is 2. The molecule has 0 aliphatic rings. The smallest absolute Gasteiger partial charge is 0.277 e. The van der Waals surface area contributed by atoms with Gasteiger partial charge in [0.25, 0.3) is 5.91 Å². The average Bonchev–Trinajstić information content (AvgIpc) is 3.04. The molecule has 2 amide bonds. The molecule has 0 aliphatic heterocycles. The van der Waals surface area contributed by atoms with Crippen LogP contribution in [0.5, 0.6) is 0 Å². The lowest BCUT2D eigenvalue weighted by Gasteiger charge is -2.12. The highest BCUT2D eigenvalue weighted by atomic mass is 16.2. The number of benzene rings is 1. The topological polar surface area (TPSA) is 115 Å². The lowest BCUT2D eigenvalue weighted by molar-refractivity contribution is -0.116. The van der Waals surface area contributed by atoms with Crippen molar-refractivity contribution in [3.63, 3.8) is 0 Å². The maximum atomic E-state index is 12.4. The first kappa shape index (κ1) is 18.6. The maximum absolute atomic E-state index is 12.4. The molecule has 0 spiro atoms. The molecule has 0 atom stereocenters. The van der Waals surface area contributed by atoms with Gasteiger partial charge in [-0.1, -0.05) is 24.6 Å². The van der Waals surface area contributed by atoms with Crippen molar-refractivity contribution >= 4 is 23.2 Å². The molecule has 8 heteroatoms. The van der Waals surface area contributed by atoms with E-state index in [1.807, 2.05) is 19.9 Å². The molecule has 0 aliphatic carbocycles. The molecule has 1 aromatic heterocycles. The van der Waals surface area contributed by atoms with Crippen LogP contribution in [0.2, 0.25) is 0 Å². The largest absolute Gasteiger partial charge is 0.329 e. The van der Waals surface area contributed by atoms with Crippen LogP contribution in [-0.4, -0.2) is 33.4 Å². The summed E-state index contributed by atoms with van der Waals surface area (Å²) in [5, 5.41) is 13.3. The number of carbonyl (C=O) groups is 2.